The van der Waals surface area contributed by atoms with Gasteiger partial charge in [-0.15, -0.1) is 0 Å². The predicted molar refractivity (Wildman–Crippen MR) is 87.2 cm³/mol. The molecule has 116 valence electrons. The third kappa shape index (κ3) is 3.14. The molecule has 0 aliphatic heterocycles. The van der Waals surface area contributed by atoms with E-state index < -0.39 is 17.5 Å². The Labute approximate surface area is 131 Å². The van der Waals surface area contributed by atoms with E-state index in [0.29, 0.717) is 18.6 Å². The Balaban J connectivity index is 2.44. The van der Waals surface area contributed by atoms with E-state index in [1.807, 2.05) is 62.4 Å². The Hall–Kier alpha value is -2.29. The first-order valence-electron chi connectivity index (χ1n) is 7.64. The Morgan fingerprint density at radius 2 is 1.50 bits per heavy atom. The number of aliphatic carboxylic acids is 1. The molecular formula is C19H22O3. The summed E-state index contributed by atoms with van der Waals surface area (Å²) in [5.41, 5.74) is 0.450. The quantitative estimate of drug-likeness (QED) is 0.830. The highest BCUT2D eigenvalue weighted by atomic mass is 16.5. The fraction of sp³-hybridized carbons (Fsp3) is 0.316. The smallest absolute Gasteiger partial charge is 0.345 e. The van der Waals surface area contributed by atoms with Gasteiger partial charge in [-0.3, -0.25) is 0 Å². The lowest BCUT2D eigenvalue weighted by Gasteiger charge is -2.37. The average Bonchev–Trinajstić information content (AvgIpc) is 2.57. The molecule has 2 aromatic rings. The molecule has 1 N–H and O–H groups in total. The van der Waals surface area contributed by atoms with E-state index in [0.717, 1.165) is 5.56 Å². The van der Waals surface area contributed by atoms with Crippen LogP contribution in [-0.2, 0) is 10.2 Å². The number of carboxylic acids is 1. The first kappa shape index (κ1) is 16.1. The van der Waals surface area contributed by atoms with Crippen molar-refractivity contribution in [1.82, 2.24) is 0 Å². The van der Waals surface area contributed by atoms with Gasteiger partial charge in [0.2, 0.25) is 6.10 Å². The van der Waals surface area contributed by atoms with Gasteiger partial charge in [-0.1, -0.05) is 62.4 Å². The first-order chi connectivity index (χ1) is 10.6. The summed E-state index contributed by atoms with van der Waals surface area (Å²) in [6, 6.07) is 18.9. The van der Waals surface area contributed by atoms with Crippen molar-refractivity contribution in [3.05, 3.63) is 66.2 Å². The van der Waals surface area contributed by atoms with Crippen LogP contribution in [0.2, 0.25) is 0 Å². The number of rotatable bonds is 7. The molecule has 0 fully saturated rings. The highest BCUT2D eigenvalue weighted by molar-refractivity contribution is 5.75. The van der Waals surface area contributed by atoms with Gasteiger partial charge in [0.1, 0.15) is 5.75 Å². The number of ether oxygens (including phenoxy) is 1. The second-order valence-corrected chi connectivity index (χ2v) is 5.38. The van der Waals surface area contributed by atoms with Gasteiger partial charge in [0.05, 0.1) is 0 Å². The lowest BCUT2D eigenvalue weighted by atomic mass is 9.71. The molecule has 0 aromatic heterocycles. The van der Waals surface area contributed by atoms with Gasteiger partial charge < -0.3 is 9.84 Å². The lowest BCUT2D eigenvalue weighted by Crippen LogP contribution is -2.47. The van der Waals surface area contributed by atoms with Crippen LogP contribution in [0.1, 0.15) is 32.3 Å². The summed E-state index contributed by atoms with van der Waals surface area (Å²) in [5.74, 6) is -0.353. The fourth-order valence-corrected chi connectivity index (χ4v) is 2.99. The summed E-state index contributed by atoms with van der Waals surface area (Å²) in [4.78, 5) is 11.9. The zero-order valence-corrected chi connectivity index (χ0v) is 13.0. The molecule has 0 saturated carbocycles. The van der Waals surface area contributed by atoms with Crippen LogP contribution in [0.3, 0.4) is 0 Å². The SMILES string of the molecule is CCC(CC)(c1ccccc1)C(Oc1ccccc1)C(=O)O. The Morgan fingerprint density at radius 3 is 1.95 bits per heavy atom. The third-order valence-corrected chi connectivity index (χ3v) is 4.33. The number of carbonyl (C=O) groups is 1. The number of carboxylic acid groups (broad SMARTS) is 1. The molecule has 0 bridgehead atoms. The van der Waals surface area contributed by atoms with Crippen LogP contribution < -0.4 is 4.74 Å². The van der Waals surface area contributed by atoms with Crippen LogP contribution in [0.15, 0.2) is 60.7 Å². The number of hydrogen-bond acceptors (Lipinski definition) is 2. The summed E-state index contributed by atoms with van der Waals surface area (Å²) >= 11 is 0. The summed E-state index contributed by atoms with van der Waals surface area (Å²) in [5, 5.41) is 9.77. The molecule has 0 spiro atoms. The van der Waals surface area contributed by atoms with E-state index in [1.54, 1.807) is 12.1 Å². The van der Waals surface area contributed by atoms with E-state index >= 15 is 0 Å². The largest absolute Gasteiger partial charge is 0.478 e. The van der Waals surface area contributed by atoms with Gasteiger partial charge in [-0.25, -0.2) is 4.79 Å². The van der Waals surface area contributed by atoms with E-state index in [2.05, 4.69) is 0 Å². The van der Waals surface area contributed by atoms with Crippen molar-refractivity contribution < 1.29 is 14.6 Å². The van der Waals surface area contributed by atoms with Crippen molar-refractivity contribution in [2.24, 2.45) is 0 Å². The minimum absolute atomic E-state index is 0.553. The molecule has 1 atom stereocenters. The molecule has 0 aliphatic carbocycles. The molecule has 0 saturated heterocycles. The van der Waals surface area contributed by atoms with E-state index in [1.165, 1.54) is 0 Å². The van der Waals surface area contributed by atoms with Crippen molar-refractivity contribution in [3.8, 4) is 5.75 Å². The molecular weight excluding hydrogens is 276 g/mol. The number of benzene rings is 2. The summed E-state index contributed by atoms with van der Waals surface area (Å²) in [7, 11) is 0. The predicted octanol–water partition coefficient (Wildman–Crippen LogP) is 4.28. The van der Waals surface area contributed by atoms with Gasteiger partial charge in [0.15, 0.2) is 0 Å². The van der Waals surface area contributed by atoms with E-state index in [9.17, 15) is 9.90 Å². The molecule has 0 heterocycles. The molecule has 0 aliphatic rings. The molecule has 2 rings (SSSR count). The lowest BCUT2D eigenvalue weighted by molar-refractivity contribution is -0.149. The maximum atomic E-state index is 11.9. The van der Waals surface area contributed by atoms with Gasteiger partial charge >= 0.3 is 5.97 Å². The van der Waals surface area contributed by atoms with E-state index in [4.69, 9.17) is 4.74 Å². The van der Waals surface area contributed by atoms with Crippen LogP contribution in [0.4, 0.5) is 0 Å². The molecule has 3 nitrogen and oxygen atoms in total. The van der Waals surface area contributed by atoms with Gasteiger partial charge in [-0.2, -0.15) is 0 Å². The maximum absolute atomic E-state index is 11.9. The van der Waals surface area contributed by atoms with Gasteiger partial charge in [0.25, 0.3) is 0 Å². The molecule has 3 heteroatoms. The second-order valence-electron chi connectivity index (χ2n) is 5.38. The van der Waals surface area contributed by atoms with Crippen LogP contribution in [0, 0.1) is 0 Å². The van der Waals surface area contributed by atoms with Crippen LogP contribution in [-0.4, -0.2) is 17.2 Å². The van der Waals surface area contributed by atoms with Crippen molar-refractivity contribution in [2.45, 2.75) is 38.2 Å². The third-order valence-electron chi connectivity index (χ3n) is 4.33. The van der Waals surface area contributed by atoms with Gasteiger partial charge in [0, 0.05) is 5.41 Å². The highest BCUT2D eigenvalue weighted by Gasteiger charge is 2.44. The second kappa shape index (κ2) is 7.12. The highest BCUT2D eigenvalue weighted by Crippen LogP contribution is 2.37. The summed E-state index contributed by atoms with van der Waals surface area (Å²) in [6.45, 7) is 4.03. The van der Waals surface area contributed by atoms with Crippen molar-refractivity contribution in [3.63, 3.8) is 0 Å². The molecule has 22 heavy (non-hydrogen) atoms. The van der Waals surface area contributed by atoms with Gasteiger partial charge in [-0.05, 0) is 30.5 Å². The average molecular weight is 298 g/mol. The molecule has 1 unspecified atom stereocenters. The topological polar surface area (TPSA) is 46.5 Å². The van der Waals surface area contributed by atoms with E-state index in [-0.39, 0.29) is 0 Å². The summed E-state index contributed by atoms with van der Waals surface area (Å²) in [6.07, 6.45) is 0.460. The standard InChI is InChI=1S/C19H22O3/c1-3-19(4-2,15-11-7-5-8-12-15)17(18(20)21)22-16-13-9-6-10-14-16/h5-14,17H,3-4H2,1-2H3,(H,20,21). The fourth-order valence-electron chi connectivity index (χ4n) is 2.99. The molecule has 2 aromatic carbocycles. The molecule has 0 amide bonds. The first-order valence-corrected chi connectivity index (χ1v) is 7.64. The van der Waals surface area contributed by atoms with Crippen LogP contribution >= 0.6 is 0 Å². The van der Waals surface area contributed by atoms with Crippen molar-refractivity contribution >= 4 is 5.97 Å². The monoisotopic (exact) mass is 298 g/mol. The Kier molecular flexibility index (Phi) is 5.21. The normalized spacial score (nSPS) is 12.6. The zero-order valence-electron chi connectivity index (χ0n) is 13.0. The Bertz CT molecular complexity index is 589. The van der Waals surface area contributed by atoms with Crippen molar-refractivity contribution in [1.29, 1.82) is 0 Å². The molecule has 0 radical (unpaired) electrons. The zero-order chi connectivity index (χ0) is 16.0. The number of hydrogen-bond donors (Lipinski definition) is 1. The van der Waals surface area contributed by atoms with Crippen LogP contribution in [0.25, 0.3) is 0 Å². The minimum Gasteiger partial charge on any atom is -0.478 e. The number of para-hydroxylation sites is 1. The summed E-state index contributed by atoms with van der Waals surface area (Å²) < 4.78 is 5.88. The van der Waals surface area contributed by atoms with Crippen LogP contribution in [0.5, 0.6) is 5.75 Å². The maximum Gasteiger partial charge on any atom is 0.345 e. The minimum atomic E-state index is -0.934. The Morgan fingerprint density at radius 1 is 1.00 bits per heavy atom. The van der Waals surface area contributed by atoms with Crippen molar-refractivity contribution in [2.75, 3.05) is 0 Å².